The predicted molar refractivity (Wildman–Crippen MR) is 77.3 cm³/mol. The van der Waals surface area contributed by atoms with E-state index < -0.39 is 0 Å². The summed E-state index contributed by atoms with van der Waals surface area (Å²) in [5.41, 5.74) is 2.28. The first-order chi connectivity index (χ1) is 8.63. The summed E-state index contributed by atoms with van der Waals surface area (Å²) >= 11 is 9.39. The summed E-state index contributed by atoms with van der Waals surface area (Å²) in [6, 6.07) is 10.8. The van der Waals surface area contributed by atoms with Crippen LogP contribution in [0.3, 0.4) is 0 Å². The minimum atomic E-state index is -0.291. The quantitative estimate of drug-likeness (QED) is 0.866. The first-order valence-electron chi connectivity index (χ1n) is 5.51. The molecule has 1 nitrogen and oxygen atoms in total. The Morgan fingerprint density at radius 2 is 2.00 bits per heavy atom. The van der Waals surface area contributed by atoms with Crippen LogP contribution in [0, 0.1) is 5.82 Å². The average Bonchev–Trinajstić information content (AvgIpc) is 2.34. The van der Waals surface area contributed by atoms with Gasteiger partial charge in [-0.1, -0.05) is 35.9 Å². The second-order valence-corrected chi connectivity index (χ2v) is 5.21. The van der Waals surface area contributed by atoms with Gasteiger partial charge in [0.25, 0.3) is 0 Å². The summed E-state index contributed by atoms with van der Waals surface area (Å²) in [5.74, 6) is -0.291. The van der Waals surface area contributed by atoms with E-state index in [1.165, 1.54) is 0 Å². The molecule has 0 unspecified atom stereocenters. The number of hydrogen-bond donors (Lipinski definition) is 1. The van der Waals surface area contributed by atoms with Gasteiger partial charge in [0.2, 0.25) is 0 Å². The van der Waals surface area contributed by atoms with Gasteiger partial charge in [0.05, 0.1) is 4.47 Å². The van der Waals surface area contributed by atoms with Gasteiger partial charge in [-0.25, -0.2) is 4.39 Å². The molecule has 4 heteroatoms. The molecule has 2 aromatic rings. The summed E-state index contributed by atoms with van der Waals surface area (Å²) in [7, 11) is 1.87. The molecule has 1 N–H and O–H groups in total. The van der Waals surface area contributed by atoms with E-state index in [-0.39, 0.29) is 5.82 Å². The Kier molecular flexibility index (Phi) is 4.38. The van der Waals surface area contributed by atoms with Gasteiger partial charge in [-0.2, -0.15) is 0 Å². The standard InChI is InChI=1S/C14H12BrClFN/c1-18-8-9-5-6-10(13(16)7-9)11-3-2-4-12(15)14(11)17/h2-7,18H,8H2,1H3. The third kappa shape index (κ3) is 2.74. The molecule has 2 aromatic carbocycles. The molecule has 0 fully saturated rings. The molecule has 0 aromatic heterocycles. The lowest BCUT2D eigenvalue weighted by atomic mass is 10.0. The third-order valence-electron chi connectivity index (χ3n) is 2.66. The maximum absolute atomic E-state index is 14.0. The molecule has 0 saturated heterocycles. The van der Waals surface area contributed by atoms with E-state index >= 15 is 0 Å². The first-order valence-corrected chi connectivity index (χ1v) is 6.68. The van der Waals surface area contributed by atoms with Gasteiger partial charge in [-0.3, -0.25) is 0 Å². The van der Waals surface area contributed by atoms with Crippen molar-refractivity contribution in [1.29, 1.82) is 0 Å². The van der Waals surface area contributed by atoms with E-state index in [4.69, 9.17) is 11.6 Å². The van der Waals surface area contributed by atoms with Crippen molar-refractivity contribution in [3.8, 4) is 11.1 Å². The maximum Gasteiger partial charge on any atom is 0.145 e. The van der Waals surface area contributed by atoms with Gasteiger partial charge in [-0.05, 0) is 40.7 Å². The highest BCUT2D eigenvalue weighted by Gasteiger charge is 2.11. The smallest absolute Gasteiger partial charge is 0.145 e. The highest BCUT2D eigenvalue weighted by molar-refractivity contribution is 9.10. The van der Waals surface area contributed by atoms with Crippen LogP contribution in [0.1, 0.15) is 5.56 Å². The molecule has 0 amide bonds. The Bertz CT molecular complexity index is 572. The van der Waals surface area contributed by atoms with Crippen LogP contribution in [0.2, 0.25) is 5.02 Å². The molecule has 0 spiro atoms. The Balaban J connectivity index is 2.48. The van der Waals surface area contributed by atoms with Gasteiger partial charge in [0.15, 0.2) is 0 Å². The Morgan fingerprint density at radius 1 is 1.22 bits per heavy atom. The molecule has 0 aliphatic heterocycles. The van der Waals surface area contributed by atoms with Gasteiger partial charge >= 0.3 is 0 Å². The van der Waals surface area contributed by atoms with E-state index in [9.17, 15) is 4.39 Å². The van der Waals surface area contributed by atoms with Crippen LogP contribution < -0.4 is 5.32 Å². The lowest BCUT2D eigenvalue weighted by Crippen LogP contribution is -2.04. The molecule has 0 bridgehead atoms. The molecular formula is C14H12BrClFN. The van der Waals surface area contributed by atoms with Crippen LogP contribution in [0.15, 0.2) is 40.9 Å². The maximum atomic E-state index is 14.0. The molecule has 0 radical (unpaired) electrons. The number of halogens is 3. The zero-order valence-electron chi connectivity index (χ0n) is 9.81. The fourth-order valence-electron chi connectivity index (χ4n) is 1.80. The summed E-state index contributed by atoms with van der Waals surface area (Å²) < 4.78 is 14.4. The van der Waals surface area contributed by atoms with E-state index in [1.807, 2.05) is 25.2 Å². The number of benzene rings is 2. The molecule has 94 valence electrons. The minimum Gasteiger partial charge on any atom is -0.316 e. The SMILES string of the molecule is CNCc1ccc(-c2cccc(Br)c2F)c(Cl)c1. The van der Waals surface area contributed by atoms with Crippen molar-refractivity contribution in [2.45, 2.75) is 6.54 Å². The van der Waals surface area contributed by atoms with E-state index in [0.29, 0.717) is 20.6 Å². The van der Waals surface area contributed by atoms with Gasteiger partial charge < -0.3 is 5.32 Å². The highest BCUT2D eigenvalue weighted by atomic mass is 79.9. The highest BCUT2D eigenvalue weighted by Crippen LogP contribution is 2.33. The molecule has 0 saturated carbocycles. The van der Waals surface area contributed by atoms with Gasteiger partial charge in [-0.15, -0.1) is 0 Å². The van der Waals surface area contributed by atoms with Crippen LogP contribution in [0.5, 0.6) is 0 Å². The Morgan fingerprint density at radius 3 is 2.67 bits per heavy atom. The zero-order chi connectivity index (χ0) is 13.1. The fourth-order valence-corrected chi connectivity index (χ4v) is 2.47. The van der Waals surface area contributed by atoms with Crippen molar-refractivity contribution in [2.75, 3.05) is 7.05 Å². The molecule has 0 aliphatic rings. The Labute approximate surface area is 119 Å². The van der Waals surface area contributed by atoms with E-state index in [2.05, 4.69) is 21.2 Å². The van der Waals surface area contributed by atoms with Crippen molar-refractivity contribution in [3.05, 3.63) is 57.3 Å². The summed E-state index contributed by atoms with van der Waals surface area (Å²) in [6.45, 7) is 0.737. The van der Waals surface area contributed by atoms with Crippen molar-refractivity contribution in [1.82, 2.24) is 5.32 Å². The third-order valence-corrected chi connectivity index (χ3v) is 3.58. The van der Waals surface area contributed by atoms with Crippen molar-refractivity contribution >= 4 is 27.5 Å². The molecule has 2 rings (SSSR count). The summed E-state index contributed by atoms with van der Waals surface area (Å²) in [6.07, 6.45) is 0. The number of nitrogens with one attached hydrogen (secondary N) is 1. The minimum absolute atomic E-state index is 0.291. The van der Waals surface area contributed by atoms with Crippen LogP contribution >= 0.6 is 27.5 Å². The van der Waals surface area contributed by atoms with Crippen LogP contribution in [0.4, 0.5) is 4.39 Å². The van der Waals surface area contributed by atoms with Crippen molar-refractivity contribution in [2.24, 2.45) is 0 Å². The second-order valence-electron chi connectivity index (χ2n) is 3.95. The van der Waals surface area contributed by atoms with Crippen molar-refractivity contribution in [3.63, 3.8) is 0 Å². The Hall–Kier alpha value is -0.900. The van der Waals surface area contributed by atoms with Crippen LogP contribution in [-0.4, -0.2) is 7.05 Å². The molecule has 0 heterocycles. The summed E-state index contributed by atoms with van der Waals surface area (Å²) in [4.78, 5) is 0. The average molecular weight is 329 g/mol. The molecule has 18 heavy (non-hydrogen) atoms. The molecule has 0 atom stereocenters. The monoisotopic (exact) mass is 327 g/mol. The normalized spacial score (nSPS) is 10.7. The number of hydrogen-bond acceptors (Lipinski definition) is 1. The lowest BCUT2D eigenvalue weighted by Gasteiger charge is -2.09. The summed E-state index contributed by atoms with van der Waals surface area (Å²) in [5, 5.41) is 3.61. The largest absolute Gasteiger partial charge is 0.316 e. The fraction of sp³-hybridized carbons (Fsp3) is 0.143. The first kappa shape index (κ1) is 13.5. The topological polar surface area (TPSA) is 12.0 Å². The van der Waals surface area contributed by atoms with Gasteiger partial charge in [0, 0.05) is 22.7 Å². The second kappa shape index (κ2) is 5.83. The molecular weight excluding hydrogens is 317 g/mol. The van der Waals surface area contributed by atoms with Crippen LogP contribution in [-0.2, 0) is 6.54 Å². The molecule has 0 aliphatic carbocycles. The number of rotatable bonds is 3. The zero-order valence-corrected chi connectivity index (χ0v) is 12.1. The van der Waals surface area contributed by atoms with E-state index in [1.54, 1.807) is 18.2 Å². The van der Waals surface area contributed by atoms with Crippen molar-refractivity contribution < 1.29 is 4.39 Å². The van der Waals surface area contributed by atoms with Gasteiger partial charge in [0.1, 0.15) is 5.82 Å². The van der Waals surface area contributed by atoms with Crippen LogP contribution in [0.25, 0.3) is 11.1 Å². The lowest BCUT2D eigenvalue weighted by molar-refractivity contribution is 0.624. The van der Waals surface area contributed by atoms with E-state index in [0.717, 1.165) is 12.1 Å². The predicted octanol–water partition coefficient (Wildman–Crippen LogP) is 4.63.